The van der Waals surface area contributed by atoms with Gasteiger partial charge in [0.2, 0.25) is 0 Å². The quantitative estimate of drug-likeness (QED) is 0.593. The summed E-state index contributed by atoms with van der Waals surface area (Å²) in [6.07, 6.45) is 3.76. The maximum Gasteiger partial charge on any atom is 0.0697 e. The molecule has 0 aromatic heterocycles. The highest BCUT2D eigenvalue weighted by atomic mass is 16.5. The van der Waals surface area contributed by atoms with E-state index in [1.165, 1.54) is 12.8 Å². The van der Waals surface area contributed by atoms with Crippen LogP contribution in [0.15, 0.2) is 0 Å². The van der Waals surface area contributed by atoms with Crippen molar-refractivity contribution in [2.24, 2.45) is 23.7 Å². The van der Waals surface area contributed by atoms with Crippen LogP contribution in [-0.2, 0) is 4.74 Å². The molecule has 104 valence electrons. The van der Waals surface area contributed by atoms with E-state index in [-0.39, 0.29) is 6.61 Å². The van der Waals surface area contributed by atoms with Crippen molar-refractivity contribution >= 4 is 0 Å². The predicted molar refractivity (Wildman–Crippen MR) is 74.1 cm³/mol. The molecule has 0 fully saturated rings. The molecule has 0 saturated carbocycles. The fourth-order valence-electron chi connectivity index (χ4n) is 2.49. The molecule has 0 saturated heterocycles. The van der Waals surface area contributed by atoms with E-state index in [0.29, 0.717) is 12.5 Å². The van der Waals surface area contributed by atoms with Gasteiger partial charge in [-0.3, -0.25) is 0 Å². The van der Waals surface area contributed by atoms with Crippen LogP contribution in [0.1, 0.15) is 53.9 Å². The summed E-state index contributed by atoms with van der Waals surface area (Å²) >= 11 is 0. The van der Waals surface area contributed by atoms with E-state index in [2.05, 4.69) is 34.6 Å². The van der Waals surface area contributed by atoms with E-state index in [1.807, 2.05) is 0 Å². The third-order valence-corrected chi connectivity index (χ3v) is 3.57. The van der Waals surface area contributed by atoms with Crippen LogP contribution in [0, 0.1) is 23.7 Å². The number of rotatable bonds is 10. The second-order valence-electron chi connectivity index (χ2n) is 6.05. The zero-order valence-corrected chi connectivity index (χ0v) is 12.4. The smallest absolute Gasteiger partial charge is 0.0697 e. The first kappa shape index (κ1) is 16.9. The van der Waals surface area contributed by atoms with Crippen LogP contribution in [-0.4, -0.2) is 24.9 Å². The van der Waals surface area contributed by atoms with Crippen molar-refractivity contribution < 1.29 is 9.84 Å². The minimum Gasteiger partial charge on any atom is -0.394 e. The summed E-state index contributed by atoms with van der Waals surface area (Å²) in [5.41, 5.74) is 0. The van der Waals surface area contributed by atoms with Crippen molar-refractivity contribution in [3.63, 3.8) is 0 Å². The lowest BCUT2D eigenvalue weighted by Gasteiger charge is -2.24. The SMILES string of the molecule is CC(C)CC(C)CC(C)C(C)CCOCCO. The van der Waals surface area contributed by atoms with Gasteiger partial charge in [0.25, 0.3) is 0 Å². The van der Waals surface area contributed by atoms with Crippen molar-refractivity contribution in [3.05, 3.63) is 0 Å². The molecule has 3 atom stereocenters. The number of ether oxygens (including phenoxy) is 1. The highest BCUT2D eigenvalue weighted by Crippen LogP contribution is 2.26. The normalized spacial score (nSPS) is 17.1. The fraction of sp³-hybridized carbons (Fsp3) is 1.00. The van der Waals surface area contributed by atoms with Gasteiger partial charge in [-0.15, -0.1) is 0 Å². The van der Waals surface area contributed by atoms with Gasteiger partial charge in [0, 0.05) is 6.61 Å². The Bertz CT molecular complexity index is 168. The molecule has 0 radical (unpaired) electrons. The fourth-order valence-corrected chi connectivity index (χ4v) is 2.49. The summed E-state index contributed by atoms with van der Waals surface area (Å²) in [5.74, 6) is 3.11. The molecule has 1 N–H and O–H groups in total. The summed E-state index contributed by atoms with van der Waals surface area (Å²) in [6, 6.07) is 0. The molecule has 3 unspecified atom stereocenters. The van der Waals surface area contributed by atoms with E-state index in [4.69, 9.17) is 9.84 Å². The van der Waals surface area contributed by atoms with E-state index < -0.39 is 0 Å². The summed E-state index contributed by atoms with van der Waals surface area (Å²) in [5, 5.41) is 8.62. The van der Waals surface area contributed by atoms with Gasteiger partial charge in [0.15, 0.2) is 0 Å². The molecule has 0 aromatic rings. The molecule has 0 amide bonds. The number of aliphatic hydroxyl groups is 1. The van der Waals surface area contributed by atoms with Gasteiger partial charge in [-0.1, -0.05) is 34.6 Å². The number of aliphatic hydroxyl groups excluding tert-OH is 1. The number of hydrogen-bond acceptors (Lipinski definition) is 2. The third-order valence-electron chi connectivity index (χ3n) is 3.57. The first-order valence-electron chi connectivity index (χ1n) is 7.15. The second-order valence-corrected chi connectivity index (χ2v) is 6.05. The zero-order chi connectivity index (χ0) is 13.3. The Kier molecular flexibility index (Phi) is 9.85. The van der Waals surface area contributed by atoms with Crippen LogP contribution < -0.4 is 0 Å². The first-order chi connectivity index (χ1) is 7.97. The van der Waals surface area contributed by atoms with Crippen LogP contribution in [0.4, 0.5) is 0 Å². The van der Waals surface area contributed by atoms with Gasteiger partial charge in [-0.25, -0.2) is 0 Å². The van der Waals surface area contributed by atoms with Gasteiger partial charge in [0.05, 0.1) is 13.2 Å². The predicted octanol–water partition coefficient (Wildman–Crippen LogP) is 3.73. The van der Waals surface area contributed by atoms with Crippen LogP contribution in [0.25, 0.3) is 0 Å². The molecule has 0 heterocycles. The molecular weight excluding hydrogens is 212 g/mol. The lowest BCUT2D eigenvalue weighted by Crippen LogP contribution is -2.15. The monoisotopic (exact) mass is 244 g/mol. The van der Waals surface area contributed by atoms with Gasteiger partial charge in [-0.05, 0) is 42.9 Å². The maximum atomic E-state index is 8.62. The molecule has 17 heavy (non-hydrogen) atoms. The molecule has 0 spiro atoms. The van der Waals surface area contributed by atoms with Gasteiger partial charge < -0.3 is 9.84 Å². The van der Waals surface area contributed by atoms with Gasteiger partial charge in [0.1, 0.15) is 0 Å². The minimum atomic E-state index is 0.134. The Morgan fingerprint density at radius 2 is 1.53 bits per heavy atom. The van der Waals surface area contributed by atoms with E-state index in [1.54, 1.807) is 0 Å². The molecule has 0 rings (SSSR count). The molecule has 2 heteroatoms. The Morgan fingerprint density at radius 1 is 0.882 bits per heavy atom. The minimum absolute atomic E-state index is 0.134. The standard InChI is InChI=1S/C15H32O2/c1-12(2)10-13(3)11-15(5)14(4)6-8-17-9-7-16/h12-16H,6-11H2,1-5H3. The average Bonchev–Trinajstić information content (AvgIpc) is 2.22. The molecule has 2 nitrogen and oxygen atoms in total. The largest absolute Gasteiger partial charge is 0.394 e. The van der Waals surface area contributed by atoms with Crippen LogP contribution in [0.2, 0.25) is 0 Å². The van der Waals surface area contributed by atoms with Crippen molar-refractivity contribution in [1.82, 2.24) is 0 Å². The summed E-state index contributed by atoms with van der Waals surface area (Å²) in [4.78, 5) is 0. The Morgan fingerprint density at radius 3 is 2.06 bits per heavy atom. The van der Waals surface area contributed by atoms with Crippen LogP contribution >= 0.6 is 0 Å². The van der Waals surface area contributed by atoms with Crippen molar-refractivity contribution in [2.75, 3.05) is 19.8 Å². The van der Waals surface area contributed by atoms with Crippen molar-refractivity contribution in [2.45, 2.75) is 53.9 Å². The molecule has 0 aromatic carbocycles. The first-order valence-corrected chi connectivity index (χ1v) is 7.15. The Balaban J connectivity index is 3.68. The summed E-state index contributed by atoms with van der Waals surface area (Å²) in [7, 11) is 0. The van der Waals surface area contributed by atoms with Crippen molar-refractivity contribution in [3.8, 4) is 0 Å². The van der Waals surface area contributed by atoms with E-state index in [0.717, 1.165) is 30.8 Å². The van der Waals surface area contributed by atoms with Gasteiger partial charge >= 0.3 is 0 Å². The van der Waals surface area contributed by atoms with E-state index >= 15 is 0 Å². The van der Waals surface area contributed by atoms with Crippen LogP contribution in [0.3, 0.4) is 0 Å². The zero-order valence-electron chi connectivity index (χ0n) is 12.4. The van der Waals surface area contributed by atoms with Crippen LogP contribution in [0.5, 0.6) is 0 Å². The Hall–Kier alpha value is -0.0800. The molecule has 0 aliphatic carbocycles. The van der Waals surface area contributed by atoms with E-state index in [9.17, 15) is 0 Å². The van der Waals surface area contributed by atoms with Crippen molar-refractivity contribution in [1.29, 1.82) is 0 Å². The summed E-state index contributed by atoms with van der Waals surface area (Å²) < 4.78 is 5.32. The molecule has 0 aliphatic heterocycles. The maximum absolute atomic E-state index is 8.62. The highest BCUT2D eigenvalue weighted by molar-refractivity contribution is 4.66. The number of hydrogen-bond donors (Lipinski definition) is 1. The molecular formula is C15H32O2. The lowest BCUT2D eigenvalue weighted by molar-refractivity contribution is 0.0783. The highest BCUT2D eigenvalue weighted by Gasteiger charge is 2.16. The molecule has 0 bridgehead atoms. The lowest BCUT2D eigenvalue weighted by atomic mass is 9.83. The average molecular weight is 244 g/mol. The second kappa shape index (κ2) is 9.90. The summed E-state index contributed by atoms with van der Waals surface area (Å²) in [6.45, 7) is 13.0. The van der Waals surface area contributed by atoms with Gasteiger partial charge in [-0.2, -0.15) is 0 Å². The topological polar surface area (TPSA) is 29.5 Å². The Labute approximate surface area is 108 Å². The third kappa shape index (κ3) is 9.61. The molecule has 0 aliphatic rings.